The van der Waals surface area contributed by atoms with E-state index >= 15 is 0 Å². The van der Waals surface area contributed by atoms with E-state index in [4.69, 9.17) is 0 Å². The SMILES string of the molecule is Cn1ccc(NC(=O)c2cccc(Nc3ncccn3)c2)n1. The molecule has 22 heavy (non-hydrogen) atoms. The largest absolute Gasteiger partial charge is 0.324 e. The predicted octanol–water partition coefficient (Wildman–Crippen LogP) is 2.21. The zero-order valence-corrected chi connectivity index (χ0v) is 11.9. The third kappa shape index (κ3) is 3.26. The fourth-order valence-electron chi connectivity index (χ4n) is 1.90. The van der Waals surface area contributed by atoms with Gasteiger partial charge in [-0.3, -0.25) is 9.48 Å². The quantitative estimate of drug-likeness (QED) is 0.770. The lowest BCUT2D eigenvalue weighted by Crippen LogP contribution is -2.12. The lowest BCUT2D eigenvalue weighted by Gasteiger charge is -2.06. The van der Waals surface area contributed by atoms with Crippen molar-refractivity contribution in [3.05, 3.63) is 60.6 Å². The fourth-order valence-corrected chi connectivity index (χ4v) is 1.90. The van der Waals surface area contributed by atoms with Gasteiger partial charge in [-0.05, 0) is 24.3 Å². The third-order valence-corrected chi connectivity index (χ3v) is 2.90. The van der Waals surface area contributed by atoms with E-state index in [-0.39, 0.29) is 5.91 Å². The molecular weight excluding hydrogens is 280 g/mol. The zero-order valence-electron chi connectivity index (χ0n) is 11.9. The first-order valence-electron chi connectivity index (χ1n) is 6.66. The molecule has 0 saturated heterocycles. The van der Waals surface area contributed by atoms with Crippen molar-refractivity contribution in [2.24, 2.45) is 7.05 Å². The van der Waals surface area contributed by atoms with Crippen molar-refractivity contribution in [3.8, 4) is 0 Å². The van der Waals surface area contributed by atoms with E-state index in [1.807, 2.05) is 6.07 Å². The number of nitrogens with zero attached hydrogens (tertiary/aromatic N) is 4. The van der Waals surface area contributed by atoms with Crippen molar-refractivity contribution in [2.45, 2.75) is 0 Å². The van der Waals surface area contributed by atoms with E-state index in [9.17, 15) is 4.79 Å². The highest BCUT2D eigenvalue weighted by molar-refractivity contribution is 6.04. The van der Waals surface area contributed by atoms with Crippen molar-refractivity contribution in [1.82, 2.24) is 19.7 Å². The number of carbonyl (C=O) groups excluding carboxylic acids is 1. The number of amides is 1. The Morgan fingerprint density at radius 2 is 1.95 bits per heavy atom. The number of anilines is 3. The molecule has 7 heteroatoms. The van der Waals surface area contributed by atoms with Gasteiger partial charge < -0.3 is 10.6 Å². The van der Waals surface area contributed by atoms with Crippen LogP contribution in [0.15, 0.2) is 55.0 Å². The van der Waals surface area contributed by atoms with Gasteiger partial charge in [0, 0.05) is 43.0 Å². The Kier molecular flexibility index (Phi) is 3.78. The molecule has 3 rings (SSSR count). The first kappa shape index (κ1) is 13.7. The van der Waals surface area contributed by atoms with Crippen LogP contribution < -0.4 is 10.6 Å². The molecule has 1 amide bonds. The van der Waals surface area contributed by atoms with E-state index in [1.165, 1.54) is 0 Å². The molecule has 0 aliphatic carbocycles. The normalized spacial score (nSPS) is 10.2. The van der Waals surface area contributed by atoms with E-state index < -0.39 is 0 Å². The number of aryl methyl sites for hydroxylation is 1. The molecular formula is C15H14N6O. The predicted molar refractivity (Wildman–Crippen MR) is 82.9 cm³/mol. The summed E-state index contributed by atoms with van der Waals surface area (Å²) < 4.78 is 1.63. The van der Waals surface area contributed by atoms with Crippen LogP contribution in [0.1, 0.15) is 10.4 Å². The smallest absolute Gasteiger partial charge is 0.256 e. The molecule has 2 aromatic heterocycles. The van der Waals surface area contributed by atoms with Crippen molar-refractivity contribution in [1.29, 1.82) is 0 Å². The Hall–Kier alpha value is -3.22. The van der Waals surface area contributed by atoms with E-state index in [1.54, 1.807) is 60.7 Å². The molecule has 2 heterocycles. The minimum absolute atomic E-state index is 0.226. The average Bonchev–Trinajstić information content (AvgIpc) is 2.93. The molecule has 2 N–H and O–H groups in total. The molecule has 0 spiro atoms. The van der Waals surface area contributed by atoms with Gasteiger partial charge in [-0.25, -0.2) is 9.97 Å². The number of carbonyl (C=O) groups is 1. The third-order valence-electron chi connectivity index (χ3n) is 2.90. The maximum atomic E-state index is 12.2. The van der Waals surface area contributed by atoms with Gasteiger partial charge in [-0.15, -0.1) is 0 Å². The first-order valence-corrected chi connectivity index (χ1v) is 6.66. The monoisotopic (exact) mass is 294 g/mol. The summed E-state index contributed by atoms with van der Waals surface area (Å²) in [6.07, 6.45) is 5.06. The Labute approximate surface area is 127 Å². The van der Waals surface area contributed by atoms with Gasteiger partial charge in [0.1, 0.15) is 0 Å². The van der Waals surface area contributed by atoms with Crippen LogP contribution in [0.2, 0.25) is 0 Å². The van der Waals surface area contributed by atoms with Gasteiger partial charge in [0.05, 0.1) is 0 Å². The van der Waals surface area contributed by atoms with Crippen LogP contribution in [-0.2, 0) is 7.05 Å². The van der Waals surface area contributed by atoms with Crippen LogP contribution in [-0.4, -0.2) is 25.7 Å². The van der Waals surface area contributed by atoms with Crippen LogP contribution in [0.3, 0.4) is 0 Å². The average molecular weight is 294 g/mol. The van der Waals surface area contributed by atoms with E-state index in [0.29, 0.717) is 17.3 Å². The van der Waals surface area contributed by atoms with Crippen LogP contribution in [0.25, 0.3) is 0 Å². The first-order chi connectivity index (χ1) is 10.7. The molecule has 3 aromatic rings. The summed E-state index contributed by atoms with van der Waals surface area (Å²) in [4.78, 5) is 20.4. The summed E-state index contributed by atoms with van der Waals surface area (Å²) in [5, 5.41) is 9.90. The number of aromatic nitrogens is 4. The summed E-state index contributed by atoms with van der Waals surface area (Å²) in [6, 6.07) is 10.6. The summed E-state index contributed by atoms with van der Waals surface area (Å²) in [6.45, 7) is 0. The van der Waals surface area contributed by atoms with Crippen molar-refractivity contribution in [3.63, 3.8) is 0 Å². The Bertz CT molecular complexity index is 783. The van der Waals surface area contributed by atoms with Gasteiger partial charge in [-0.1, -0.05) is 6.07 Å². The summed E-state index contributed by atoms with van der Waals surface area (Å²) >= 11 is 0. The second kappa shape index (κ2) is 6.04. The zero-order chi connectivity index (χ0) is 15.4. The van der Waals surface area contributed by atoms with Crippen molar-refractivity contribution in [2.75, 3.05) is 10.6 Å². The minimum atomic E-state index is -0.226. The Morgan fingerprint density at radius 1 is 1.14 bits per heavy atom. The molecule has 7 nitrogen and oxygen atoms in total. The highest BCUT2D eigenvalue weighted by Crippen LogP contribution is 2.15. The molecule has 110 valence electrons. The van der Waals surface area contributed by atoms with Crippen LogP contribution in [0, 0.1) is 0 Å². The molecule has 0 aliphatic heterocycles. The number of hydrogen-bond acceptors (Lipinski definition) is 5. The van der Waals surface area contributed by atoms with Gasteiger partial charge in [0.25, 0.3) is 5.91 Å². The number of rotatable bonds is 4. The number of benzene rings is 1. The lowest BCUT2D eigenvalue weighted by molar-refractivity contribution is 0.102. The van der Waals surface area contributed by atoms with Crippen LogP contribution in [0.4, 0.5) is 17.5 Å². The Balaban J connectivity index is 1.74. The fraction of sp³-hybridized carbons (Fsp3) is 0.0667. The molecule has 1 aromatic carbocycles. The van der Waals surface area contributed by atoms with Gasteiger partial charge >= 0.3 is 0 Å². The van der Waals surface area contributed by atoms with E-state index in [0.717, 1.165) is 5.69 Å². The lowest BCUT2D eigenvalue weighted by atomic mass is 10.2. The highest BCUT2D eigenvalue weighted by Gasteiger charge is 2.08. The molecule has 0 fully saturated rings. The second-order valence-corrected chi connectivity index (χ2v) is 4.61. The maximum Gasteiger partial charge on any atom is 0.256 e. The Morgan fingerprint density at radius 3 is 2.68 bits per heavy atom. The molecule has 0 saturated carbocycles. The van der Waals surface area contributed by atoms with E-state index in [2.05, 4.69) is 25.7 Å². The molecule has 0 bridgehead atoms. The molecule has 0 atom stereocenters. The number of nitrogens with one attached hydrogen (secondary N) is 2. The van der Waals surface area contributed by atoms with Gasteiger partial charge in [-0.2, -0.15) is 5.10 Å². The second-order valence-electron chi connectivity index (χ2n) is 4.61. The molecule has 0 radical (unpaired) electrons. The highest BCUT2D eigenvalue weighted by atomic mass is 16.1. The maximum absolute atomic E-state index is 12.2. The van der Waals surface area contributed by atoms with Crippen molar-refractivity contribution >= 4 is 23.4 Å². The molecule has 0 unspecified atom stereocenters. The number of hydrogen-bond donors (Lipinski definition) is 2. The topological polar surface area (TPSA) is 84.7 Å². The minimum Gasteiger partial charge on any atom is -0.324 e. The van der Waals surface area contributed by atoms with Crippen LogP contribution >= 0.6 is 0 Å². The van der Waals surface area contributed by atoms with Crippen molar-refractivity contribution < 1.29 is 4.79 Å². The van der Waals surface area contributed by atoms with Crippen LogP contribution in [0.5, 0.6) is 0 Å². The summed E-state index contributed by atoms with van der Waals surface area (Å²) in [7, 11) is 1.79. The standard InChI is InChI=1S/C15H14N6O/c1-21-9-6-13(20-21)19-14(22)11-4-2-5-12(10-11)18-15-16-7-3-8-17-15/h2-10H,1H3,(H,16,17,18)(H,19,20,22). The summed E-state index contributed by atoms with van der Waals surface area (Å²) in [5.74, 6) is 0.762. The molecule has 0 aliphatic rings. The van der Waals surface area contributed by atoms with Gasteiger partial charge in [0.2, 0.25) is 5.95 Å². The summed E-state index contributed by atoms with van der Waals surface area (Å²) in [5.41, 5.74) is 1.26. The van der Waals surface area contributed by atoms with Gasteiger partial charge in [0.15, 0.2) is 5.82 Å².